The average Bonchev–Trinajstić information content (AvgIpc) is 2.72. The van der Waals surface area contributed by atoms with Crippen molar-refractivity contribution in [1.29, 1.82) is 0 Å². The number of piperazine rings is 1. The molecule has 0 radical (unpaired) electrons. The number of carbonyl (C=O) groups is 2. The summed E-state index contributed by atoms with van der Waals surface area (Å²) in [5.41, 5.74) is 2.63. The summed E-state index contributed by atoms with van der Waals surface area (Å²) in [5, 5.41) is 2.79. The van der Waals surface area contributed by atoms with Crippen molar-refractivity contribution >= 4 is 23.2 Å². The van der Waals surface area contributed by atoms with Crippen LogP contribution in [0.2, 0.25) is 0 Å². The molecule has 0 unspecified atom stereocenters. The molecule has 2 aromatic carbocycles. The molecule has 1 saturated heterocycles. The fourth-order valence-corrected chi connectivity index (χ4v) is 3.56. The van der Waals surface area contributed by atoms with Gasteiger partial charge >= 0.3 is 0 Å². The number of fused-ring (bicyclic) bond motifs is 1. The maximum Gasteiger partial charge on any atom is 0.262 e. The minimum atomic E-state index is -0.245. The highest BCUT2D eigenvalue weighted by atomic mass is 19.1. The van der Waals surface area contributed by atoms with E-state index in [0.29, 0.717) is 37.4 Å². The van der Waals surface area contributed by atoms with Crippen molar-refractivity contribution in [3.8, 4) is 5.75 Å². The van der Waals surface area contributed by atoms with E-state index in [2.05, 4.69) is 10.2 Å². The molecule has 2 heterocycles. The molecule has 1 fully saturated rings. The molecule has 1 N–H and O–H groups in total. The van der Waals surface area contributed by atoms with Crippen molar-refractivity contribution in [2.24, 2.45) is 0 Å². The maximum absolute atomic E-state index is 13.1. The highest BCUT2D eigenvalue weighted by Crippen LogP contribution is 2.29. The molecular weight excluding hydrogens is 361 g/mol. The Morgan fingerprint density at radius 3 is 2.57 bits per heavy atom. The topological polar surface area (TPSA) is 61.9 Å². The number of rotatable bonds is 4. The van der Waals surface area contributed by atoms with Gasteiger partial charge in [0.1, 0.15) is 11.6 Å². The van der Waals surface area contributed by atoms with Gasteiger partial charge in [0.15, 0.2) is 6.61 Å². The average molecular weight is 383 g/mol. The largest absolute Gasteiger partial charge is 0.482 e. The number of carbonyl (C=O) groups excluding carboxylic acids is 2. The van der Waals surface area contributed by atoms with Crippen molar-refractivity contribution in [3.63, 3.8) is 0 Å². The van der Waals surface area contributed by atoms with Crippen LogP contribution in [0.15, 0.2) is 42.5 Å². The Morgan fingerprint density at radius 1 is 1.07 bits per heavy atom. The molecule has 2 amide bonds. The molecule has 0 bridgehead atoms. The monoisotopic (exact) mass is 383 g/mol. The Labute approximate surface area is 162 Å². The Bertz CT molecular complexity index is 877. The van der Waals surface area contributed by atoms with Crippen molar-refractivity contribution in [1.82, 2.24) is 4.90 Å². The van der Waals surface area contributed by atoms with E-state index >= 15 is 0 Å². The molecule has 2 aliphatic rings. The van der Waals surface area contributed by atoms with Crippen LogP contribution in [0.1, 0.15) is 12.0 Å². The maximum atomic E-state index is 13.1. The van der Waals surface area contributed by atoms with Gasteiger partial charge in [0.2, 0.25) is 5.91 Å². The number of anilines is 2. The third-order valence-electron chi connectivity index (χ3n) is 5.13. The summed E-state index contributed by atoms with van der Waals surface area (Å²) in [5.74, 6) is 0.369. The third kappa shape index (κ3) is 4.08. The Hall–Kier alpha value is -3.09. The van der Waals surface area contributed by atoms with Crippen molar-refractivity contribution in [2.75, 3.05) is 43.0 Å². The quantitative estimate of drug-likeness (QED) is 0.881. The molecule has 4 rings (SSSR count). The summed E-state index contributed by atoms with van der Waals surface area (Å²) in [6, 6.07) is 12.1. The van der Waals surface area contributed by atoms with Gasteiger partial charge in [0.05, 0.1) is 5.69 Å². The Morgan fingerprint density at radius 2 is 1.82 bits per heavy atom. The molecule has 7 heteroatoms. The second kappa shape index (κ2) is 7.88. The molecule has 6 nitrogen and oxygen atoms in total. The molecule has 2 aromatic rings. The summed E-state index contributed by atoms with van der Waals surface area (Å²) in [7, 11) is 0. The second-order valence-corrected chi connectivity index (χ2v) is 7.01. The summed E-state index contributed by atoms with van der Waals surface area (Å²) >= 11 is 0. The number of nitrogens with one attached hydrogen (secondary N) is 1. The fraction of sp³-hybridized carbons (Fsp3) is 0.333. The van der Waals surface area contributed by atoms with Gasteiger partial charge in [-0.25, -0.2) is 4.39 Å². The van der Waals surface area contributed by atoms with E-state index < -0.39 is 0 Å². The highest BCUT2D eigenvalue weighted by Gasteiger charge is 2.21. The van der Waals surface area contributed by atoms with E-state index in [1.807, 2.05) is 23.1 Å². The smallest absolute Gasteiger partial charge is 0.262 e. The van der Waals surface area contributed by atoms with Crippen LogP contribution in [0.3, 0.4) is 0 Å². The van der Waals surface area contributed by atoms with Gasteiger partial charge in [0.25, 0.3) is 5.91 Å². The van der Waals surface area contributed by atoms with Crippen LogP contribution in [0.4, 0.5) is 15.8 Å². The lowest BCUT2D eigenvalue weighted by Gasteiger charge is -2.36. The van der Waals surface area contributed by atoms with Gasteiger partial charge < -0.3 is 19.9 Å². The first-order chi connectivity index (χ1) is 13.6. The molecule has 0 aliphatic carbocycles. The molecule has 146 valence electrons. The summed E-state index contributed by atoms with van der Waals surface area (Å²) in [6.45, 7) is 2.82. The third-order valence-corrected chi connectivity index (χ3v) is 5.13. The predicted octanol–water partition coefficient (Wildman–Crippen LogP) is 2.44. The Kier molecular flexibility index (Phi) is 5.14. The standard InChI is InChI=1S/C21H22FN3O3/c22-16-3-5-17(6-4-16)24-9-11-25(12-10-24)21(27)8-2-15-1-7-19-18(13-15)23-20(26)14-28-19/h1,3-7,13H,2,8-12,14H2,(H,23,26). The van der Waals surface area contributed by atoms with Gasteiger partial charge in [-0.05, 0) is 48.4 Å². The first-order valence-electron chi connectivity index (χ1n) is 9.42. The summed E-state index contributed by atoms with van der Waals surface area (Å²) in [6.07, 6.45) is 1.03. The number of hydrogen-bond acceptors (Lipinski definition) is 4. The number of benzene rings is 2. The predicted molar refractivity (Wildman–Crippen MR) is 104 cm³/mol. The molecule has 0 saturated carbocycles. The van der Waals surface area contributed by atoms with E-state index in [1.165, 1.54) is 12.1 Å². The van der Waals surface area contributed by atoms with Gasteiger partial charge in [-0.15, -0.1) is 0 Å². The molecule has 28 heavy (non-hydrogen) atoms. The number of nitrogens with zero attached hydrogens (tertiary/aromatic N) is 2. The summed E-state index contributed by atoms with van der Waals surface area (Å²) < 4.78 is 18.4. The van der Waals surface area contributed by atoms with Gasteiger partial charge in [0, 0.05) is 38.3 Å². The van der Waals surface area contributed by atoms with Crippen LogP contribution < -0.4 is 15.0 Å². The van der Waals surface area contributed by atoms with Crippen LogP contribution in [-0.4, -0.2) is 49.5 Å². The van der Waals surface area contributed by atoms with Crippen LogP contribution in [0.25, 0.3) is 0 Å². The molecule has 0 aromatic heterocycles. The SMILES string of the molecule is O=C1COc2ccc(CCC(=O)N3CCN(c4ccc(F)cc4)CC3)cc2N1. The first-order valence-corrected chi connectivity index (χ1v) is 9.42. The number of hydrogen-bond donors (Lipinski definition) is 1. The molecule has 2 aliphatic heterocycles. The van der Waals surface area contributed by atoms with E-state index in [0.717, 1.165) is 24.3 Å². The van der Waals surface area contributed by atoms with E-state index in [-0.39, 0.29) is 24.2 Å². The van der Waals surface area contributed by atoms with E-state index in [1.54, 1.807) is 12.1 Å². The first kappa shape index (κ1) is 18.3. The number of amides is 2. The van der Waals surface area contributed by atoms with E-state index in [9.17, 15) is 14.0 Å². The van der Waals surface area contributed by atoms with Gasteiger partial charge in [-0.1, -0.05) is 6.07 Å². The van der Waals surface area contributed by atoms with Crippen LogP contribution in [0, 0.1) is 5.82 Å². The lowest BCUT2D eigenvalue weighted by molar-refractivity contribution is -0.131. The number of aryl methyl sites for hydroxylation is 1. The van der Waals surface area contributed by atoms with Crippen LogP contribution >= 0.6 is 0 Å². The molecular formula is C21H22FN3O3. The van der Waals surface area contributed by atoms with Gasteiger partial charge in [-0.2, -0.15) is 0 Å². The van der Waals surface area contributed by atoms with Crippen molar-refractivity contribution in [3.05, 3.63) is 53.8 Å². The van der Waals surface area contributed by atoms with Crippen LogP contribution in [0.5, 0.6) is 5.75 Å². The van der Waals surface area contributed by atoms with Crippen LogP contribution in [-0.2, 0) is 16.0 Å². The highest BCUT2D eigenvalue weighted by molar-refractivity contribution is 5.95. The van der Waals surface area contributed by atoms with Crippen molar-refractivity contribution < 1.29 is 18.7 Å². The Balaban J connectivity index is 1.29. The fourth-order valence-electron chi connectivity index (χ4n) is 3.56. The lowest BCUT2D eigenvalue weighted by Crippen LogP contribution is -2.48. The summed E-state index contributed by atoms with van der Waals surface area (Å²) in [4.78, 5) is 28.0. The molecule has 0 atom stereocenters. The van der Waals surface area contributed by atoms with Crippen molar-refractivity contribution in [2.45, 2.75) is 12.8 Å². The number of halogens is 1. The zero-order chi connectivity index (χ0) is 19.5. The zero-order valence-electron chi connectivity index (χ0n) is 15.5. The number of ether oxygens (including phenoxy) is 1. The van der Waals surface area contributed by atoms with E-state index in [4.69, 9.17) is 4.74 Å². The second-order valence-electron chi connectivity index (χ2n) is 7.01. The van der Waals surface area contributed by atoms with Gasteiger partial charge in [-0.3, -0.25) is 9.59 Å². The minimum Gasteiger partial charge on any atom is -0.482 e. The zero-order valence-corrected chi connectivity index (χ0v) is 15.5. The lowest BCUT2D eigenvalue weighted by atomic mass is 10.1. The molecule has 0 spiro atoms. The normalized spacial score (nSPS) is 16.2. The minimum absolute atomic E-state index is 0.0364.